The summed E-state index contributed by atoms with van der Waals surface area (Å²) in [6, 6.07) is 50.9. The number of hydrogen-bond acceptors (Lipinski definition) is 22. The van der Waals surface area contributed by atoms with Crippen molar-refractivity contribution < 1.29 is 79.3 Å². The zero-order valence-corrected chi connectivity index (χ0v) is 80.3. The summed E-state index contributed by atoms with van der Waals surface area (Å²) in [7, 11) is 12.2. The number of carbonyl (C=O) groups excluding carboxylic acids is 8. The van der Waals surface area contributed by atoms with Gasteiger partial charge in [-0.05, 0) is 194 Å². The van der Waals surface area contributed by atoms with Gasteiger partial charge in [-0.1, -0.05) is 42.5 Å². The summed E-state index contributed by atoms with van der Waals surface area (Å²) >= 11 is 0. The molecule has 0 saturated heterocycles. The molecule has 0 atom stereocenters. The largest absolute Gasteiger partial charge is 0.493 e. The second-order valence-electron chi connectivity index (χ2n) is 32.3. The number of aromatic nitrogens is 10. The van der Waals surface area contributed by atoms with Crippen molar-refractivity contribution >= 4 is 90.9 Å². The highest BCUT2D eigenvalue weighted by atomic mass is 19.1. The number of halogens is 5. The highest BCUT2D eigenvalue weighted by molar-refractivity contribution is 6.03. The lowest BCUT2D eigenvalue weighted by Gasteiger charge is -2.20. The smallest absolute Gasteiger partial charge is 0.272 e. The highest BCUT2D eigenvalue weighted by Crippen LogP contribution is 2.40. The molecule has 0 aliphatic rings. The van der Waals surface area contributed by atoms with Crippen molar-refractivity contribution in [2.45, 2.75) is 53.9 Å². The molecule has 6 aromatic heterocycles. The van der Waals surface area contributed by atoms with Crippen molar-refractivity contribution in [3.8, 4) is 92.0 Å². The Kier molecular flexibility index (Phi) is 33.2. The van der Waals surface area contributed by atoms with Gasteiger partial charge in [0.2, 0.25) is 5.88 Å². The number of benzene rings is 10. The number of fused-ring (bicyclic) bond motifs is 4. The van der Waals surface area contributed by atoms with Crippen LogP contribution in [-0.2, 0) is 26.2 Å². The van der Waals surface area contributed by atoms with Gasteiger partial charge in [0.25, 0.3) is 47.3 Å². The minimum Gasteiger partial charge on any atom is -0.493 e. The summed E-state index contributed by atoms with van der Waals surface area (Å²) in [5, 5.41) is 77.1. The van der Waals surface area contributed by atoms with E-state index in [9.17, 15) is 77.0 Å². The summed E-state index contributed by atoms with van der Waals surface area (Å²) in [5.74, 6) is -6.00. The van der Waals surface area contributed by atoms with Gasteiger partial charge in [-0.2, -0.15) is 41.4 Å². The number of nitrogens with one attached hydrogen (secondary N) is 8. The summed E-state index contributed by atoms with van der Waals surface area (Å²) in [6.45, 7) is 9.25. The molecule has 734 valence electrons. The van der Waals surface area contributed by atoms with Crippen LogP contribution >= 0.6 is 0 Å². The minimum atomic E-state index is -0.758. The third-order valence-electron chi connectivity index (χ3n) is 23.1. The molecule has 0 unspecified atom stereocenters. The van der Waals surface area contributed by atoms with Gasteiger partial charge in [0, 0.05) is 138 Å². The Bertz CT molecular complexity index is 7370. The number of pyridine rings is 2. The molecule has 39 heteroatoms. The van der Waals surface area contributed by atoms with Crippen molar-refractivity contribution in [2.75, 3.05) is 82.8 Å². The Morgan fingerprint density at radius 2 is 0.669 bits per heavy atom. The maximum Gasteiger partial charge on any atom is 0.272 e. The third-order valence-corrected chi connectivity index (χ3v) is 23.1. The predicted molar refractivity (Wildman–Crippen MR) is 528 cm³/mol. The van der Waals surface area contributed by atoms with Crippen LogP contribution in [0.3, 0.4) is 0 Å². The van der Waals surface area contributed by atoms with Crippen molar-refractivity contribution in [3.05, 3.63) is 319 Å². The summed E-state index contributed by atoms with van der Waals surface area (Å²) in [5.41, 5.74) is 11.6. The first kappa shape index (κ1) is 103. The van der Waals surface area contributed by atoms with E-state index < -0.39 is 58.6 Å². The highest BCUT2D eigenvalue weighted by Gasteiger charge is 2.29. The maximum absolute atomic E-state index is 15.4. The molecule has 0 spiro atoms. The summed E-state index contributed by atoms with van der Waals surface area (Å²) in [4.78, 5) is 116. The Labute approximate surface area is 826 Å². The van der Waals surface area contributed by atoms with Gasteiger partial charge in [-0.15, -0.1) is 0 Å². The van der Waals surface area contributed by atoms with Crippen LogP contribution in [0, 0.1) is 74.4 Å². The molecule has 0 saturated carbocycles. The van der Waals surface area contributed by atoms with E-state index >= 15 is 4.39 Å². The molecule has 145 heavy (non-hydrogen) atoms. The SMILES string of the molecule is CCOc1cc(C(=O)N(C)Cc2ccc(C#N)c3cn[nH]c23)cc(F)c1-c1ccc(F)c(C(=O)NC)c1.CCOc1cc(C(=O)N(C)Cc2ccc(C#N)c3cn[nH]c23)ccc1-c1ccc(F)c(C(=O)NC)c1.CCOc1cc(C(=O)N(C)Cc2ccc(C#N)c3cn[nH]c23)cnc1-c1ccc(F)c(C(=O)NC)c1.CCOc1nc(C(=O)N(C)Cc2ccc(C#N)c3cn[nH]c23)ccc1-c1ccc(F)c(C(=O)NC)c1. The van der Waals surface area contributed by atoms with Crippen LogP contribution in [0.2, 0.25) is 0 Å². The van der Waals surface area contributed by atoms with Crippen LogP contribution < -0.4 is 40.2 Å². The number of nitrogens with zero attached hydrogens (tertiary/aromatic N) is 14. The van der Waals surface area contributed by atoms with Gasteiger partial charge >= 0.3 is 0 Å². The van der Waals surface area contributed by atoms with Crippen LogP contribution in [0.4, 0.5) is 22.0 Å². The van der Waals surface area contributed by atoms with E-state index in [1.54, 1.807) is 170 Å². The zero-order valence-electron chi connectivity index (χ0n) is 80.3. The van der Waals surface area contributed by atoms with Crippen molar-refractivity contribution in [1.29, 1.82) is 21.0 Å². The fourth-order valence-electron chi connectivity index (χ4n) is 15.9. The van der Waals surface area contributed by atoms with E-state index in [4.69, 9.17) is 18.9 Å². The summed E-state index contributed by atoms with van der Waals surface area (Å²) in [6.07, 6.45) is 7.73. The van der Waals surface area contributed by atoms with Gasteiger partial charge in [0.05, 0.1) is 153 Å². The Morgan fingerprint density at radius 3 is 1.07 bits per heavy atom. The minimum absolute atomic E-state index is 0.0115. The van der Waals surface area contributed by atoms with E-state index in [-0.39, 0.29) is 100 Å². The van der Waals surface area contributed by atoms with E-state index in [1.807, 2.05) is 6.92 Å². The Balaban J connectivity index is 0.000000162. The van der Waals surface area contributed by atoms with Crippen LogP contribution in [-0.4, -0.2) is 200 Å². The average molecular weight is 1960 g/mol. The molecule has 6 heterocycles. The molecular formula is C106H93F5N22O12. The van der Waals surface area contributed by atoms with Gasteiger partial charge in [-0.3, -0.25) is 63.7 Å². The molecular weight excluding hydrogens is 1870 g/mol. The van der Waals surface area contributed by atoms with Crippen molar-refractivity contribution in [1.82, 2.24) is 91.6 Å². The summed E-state index contributed by atoms with van der Waals surface area (Å²) < 4.78 is 94.9. The van der Waals surface area contributed by atoms with E-state index in [0.29, 0.717) is 148 Å². The Morgan fingerprint density at radius 1 is 0.338 bits per heavy atom. The first-order valence-corrected chi connectivity index (χ1v) is 44.9. The van der Waals surface area contributed by atoms with Gasteiger partial charge in [-0.25, -0.2) is 26.9 Å². The number of H-pyrrole nitrogens is 4. The fourth-order valence-corrected chi connectivity index (χ4v) is 15.9. The molecule has 10 aromatic carbocycles. The number of amides is 8. The third kappa shape index (κ3) is 22.8. The molecule has 0 aliphatic carbocycles. The lowest BCUT2D eigenvalue weighted by Crippen LogP contribution is -2.27. The molecule has 0 radical (unpaired) electrons. The normalized spacial score (nSPS) is 10.7. The van der Waals surface area contributed by atoms with Crippen molar-refractivity contribution in [2.24, 2.45) is 0 Å². The number of aromatic amines is 4. The zero-order chi connectivity index (χ0) is 104. The molecule has 16 aromatic rings. The molecule has 0 fully saturated rings. The van der Waals surface area contributed by atoms with Crippen LogP contribution in [0.25, 0.3) is 88.2 Å². The number of carbonyl (C=O) groups is 8. The second-order valence-corrected chi connectivity index (χ2v) is 32.3. The van der Waals surface area contributed by atoms with Crippen molar-refractivity contribution in [3.63, 3.8) is 0 Å². The topological polar surface area (TPSA) is 470 Å². The van der Waals surface area contributed by atoms with Gasteiger partial charge < -0.3 is 59.8 Å². The molecule has 8 N–H and O–H groups in total. The lowest BCUT2D eigenvalue weighted by atomic mass is 9.98. The van der Waals surface area contributed by atoms with Gasteiger partial charge in [0.15, 0.2) is 0 Å². The monoisotopic (exact) mass is 1960 g/mol. The van der Waals surface area contributed by atoms with Crippen LogP contribution in [0.5, 0.6) is 23.1 Å². The first-order chi connectivity index (χ1) is 69.9. The molecule has 0 bridgehead atoms. The first-order valence-electron chi connectivity index (χ1n) is 44.9. The lowest BCUT2D eigenvalue weighted by molar-refractivity contribution is 0.0773. The molecule has 0 aliphatic heterocycles. The number of hydrogen-bond donors (Lipinski definition) is 8. The number of ether oxygens (including phenoxy) is 4. The Hall–Kier alpha value is -19.0. The molecule has 34 nitrogen and oxygen atoms in total. The fraction of sp³-hybridized carbons (Fsp3) is 0.189. The number of nitriles is 4. The van der Waals surface area contributed by atoms with E-state index in [0.717, 1.165) is 34.4 Å². The standard InChI is InChI=1S/C27H23F2N5O3.C27H24FN5O3.2C26H23FN6O3/c1-4-37-23-11-18(10-22(29)24(23)15-7-8-21(28)19(9-15)26(35)31-2)27(36)34(3)14-17-6-5-16(12-30)20-13-32-33-25(17)20;1-4-36-24-12-17(7-9-20(24)16-8-10-23(28)21(11-16)26(34)30-2)27(35)33(3)15-19-6-5-18(13-29)22-14-31-32-25(19)22;1-4-36-25-18(15-7-9-21(27)19(11-15)24(34)29-2)8-10-22(31-25)26(35)33(3)14-17-6-5-16(12-28)20-13-30-32-23(17)20;1-4-36-22-10-18(12-30-24(22)15-7-8-21(27)19(9-15)25(34)29-2)26(35)33(3)14-17-6-5-16(11-28)20-13-31-32-23(17)20/h5-11,13H,4,14H2,1-3H3,(H,31,35)(H,32,33);5-12,14H,4,15H2,1-3H3,(H,30,34)(H,31,32);5-11,13H,4,14H2,1-3H3,(H,29,34)(H,30,32);5-10,12-13H,4,14H2,1-3H3,(H,29,34)(H,31,32). The van der Waals surface area contributed by atoms with Crippen LogP contribution in [0.1, 0.15) is 155 Å². The molecule has 16 rings (SSSR count). The number of rotatable bonds is 28. The van der Waals surface area contributed by atoms with Gasteiger partial charge in [0.1, 0.15) is 57.7 Å². The second kappa shape index (κ2) is 46.6. The quantitative estimate of drug-likeness (QED) is 0.0211. The van der Waals surface area contributed by atoms with E-state index in [2.05, 4.69) is 96.3 Å². The predicted octanol–water partition coefficient (Wildman–Crippen LogP) is 16.0. The van der Waals surface area contributed by atoms with Crippen LogP contribution in [0.15, 0.2) is 201 Å². The average Bonchev–Trinajstić information content (AvgIpc) is 1.57. The van der Waals surface area contributed by atoms with E-state index in [1.165, 1.54) is 116 Å². The maximum atomic E-state index is 15.4. The molecule has 8 amide bonds.